The standard InChI is InChI=1S/C17H19NO4/c1-11-5-6-21-16(11)9-18-17(19)13-7-12-3-4-14(20-2)8-15(12)22-10-13/h3-6,8,13H,7,9-10H2,1-2H3,(H,18,19). The molecule has 0 bridgehead atoms. The predicted octanol–water partition coefficient (Wildman–Crippen LogP) is 2.46. The van der Waals surface area contributed by atoms with Gasteiger partial charge >= 0.3 is 0 Å². The van der Waals surface area contributed by atoms with Crippen molar-refractivity contribution in [2.24, 2.45) is 5.92 Å². The molecule has 1 aromatic carbocycles. The van der Waals surface area contributed by atoms with Crippen LogP contribution < -0.4 is 14.8 Å². The van der Waals surface area contributed by atoms with Gasteiger partial charge in [0.05, 0.1) is 25.8 Å². The lowest BCUT2D eigenvalue weighted by Gasteiger charge is -2.24. The zero-order chi connectivity index (χ0) is 15.5. The largest absolute Gasteiger partial charge is 0.497 e. The second-order valence-corrected chi connectivity index (χ2v) is 5.43. The van der Waals surface area contributed by atoms with Gasteiger partial charge in [0.25, 0.3) is 0 Å². The van der Waals surface area contributed by atoms with E-state index in [9.17, 15) is 4.79 Å². The Bertz CT molecular complexity index is 677. The van der Waals surface area contributed by atoms with E-state index in [2.05, 4.69) is 5.32 Å². The Balaban J connectivity index is 1.61. The van der Waals surface area contributed by atoms with E-state index >= 15 is 0 Å². The van der Waals surface area contributed by atoms with E-state index in [0.717, 1.165) is 28.4 Å². The first-order valence-corrected chi connectivity index (χ1v) is 7.27. The molecule has 1 N–H and O–H groups in total. The van der Waals surface area contributed by atoms with Crippen molar-refractivity contribution < 1.29 is 18.7 Å². The van der Waals surface area contributed by atoms with E-state index in [1.807, 2.05) is 31.2 Å². The van der Waals surface area contributed by atoms with E-state index in [1.54, 1.807) is 13.4 Å². The molecule has 2 aromatic rings. The highest BCUT2D eigenvalue weighted by Gasteiger charge is 2.26. The van der Waals surface area contributed by atoms with Gasteiger partial charge in [-0.05, 0) is 36.6 Å². The number of hydrogen-bond donors (Lipinski definition) is 1. The van der Waals surface area contributed by atoms with Crippen LogP contribution in [0.25, 0.3) is 0 Å². The van der Waals surface area contributed by atoms with Crippen molar-refractivity contribution in [2.45, 2.75) is 19.9 Å². The summed E-state index contributed by atoms with van der Waals surface area (Å²) in [5.41, 5.74) is 2.07. The number of ether oxygens (including phenoxy) is 2. The van der Waals surface area contributed by atoms with Crippen LogP contribution in [0.1, 0.15) is 16.9 Å². The third-order valence-electron chi connectivity index (χ3n) is 3.94. The monoisotopic (exact) mass is 301 g/mol. The van der Waals surface area contributed by atoms with Gasteiger partial charge in [-0.2, -0.15) is 0 Å². The molecule has 1 amide bonds. The fourth-order valence-electron chi connectivity index (χ4n) is 2.54. The van der Waals surface area contributed by atoms with Crippen LogP contribution in [-0.4, -0.2) is 19.6 Å². The molecule has 0 aliphatic carbocycles. The SMILES string of the molecule is COc1ccc2c(c1)OCC(C(=O)NCc1occc1C)C2. The normalized spacial score (nSPS) is 16.5. The van der Waals surface area contributed by atoms with E-state index in [4.69, 9.17) is 13.9 Å². The van der Waals surface area contributed by atoms with Crippen molar-refractivity contribution in [3.8, 4) is 11.5 Å². The molecule has 3 rings (SSSR count). The lowest BCUT2D eigenvalue weighted by Crippen LogP contribution is -2.37. The van der Waals surface area contributed by atoms with E-state index in [-0.39, 0.29) is 11.8 Å². The number of methoxy groups -OCH3 is 1. The van der Waals surface area contributed by atoms with Gasteiger partial charge in [-0.25, -0.2) is 0 Å². The summed E-state index contributed by atoms with van der Waals surface area (Å²) in [5, 5.41) is 2.91. The third-order valence-corrected chi connectivity index (χ3v) is 3.94. The first-order valence-electron chi connectivity index (χ1n) is 7.27. The number of aryl methyl sites for hydroxylation is 1. The maximum Gasteiger partial charge on any atom is 0.227 e. The van der Waals surface area contributed by atoms with Crippen molar-refractivity contribution >= 4 is 5.91 Å². The van der Waals surface area contributed by atoms with Gasteiger partial charge in [0.15, 0.2) is 0 Å². The number of carbonyl (C=O) groups is 1. The Morgan fingerprint density at radius 2 is 2.27 bits per heavy atom. The van der Waals surface area contributed by atoms with Gasteiger partial charge in [-0.1, -0.05) is 6.07 Å². The van der Waals surface area contributed by atoms with Crippen LogP contribution in [0.15, 0.2) is 34.9 Å². The topological polar surface area (TPSA) is 60.7 Å². The summed E-state index contributed by atoms with van der Waals surface area (Å²) in [6.45, 7) is 2.74. The summed E-state index contributed by atoms with van der Waals surface area (Å²) >= 11 is 0. The van der Waals surface area contributed by atoms with Crippen LogP contribution in [-0.2, 0) is 17.8 Å². The van der Waals surface area contributed by atoms with E-state index in [1.165, 1.54) is 0 Å². The average Bonchev–Trinajstić information content (AvgIpc) is 2.96. The van der Waals surface area contributed by atoms with Crippen molar-refractivity contribution in [1.29, 1.82) is 0 Å². The van der Waals surface area contributed by atoms with Crippen molar-refractivity contribution in [2.75, 3.05) is 13.7 Å². The van der Waals surface area contributed by atoms with E-state index in [0.29, 0.717) is 19.6 Å². The number of benzene rings is 1. The van der Waals surface area contributed by atoms with E-state index < -0.39 is 0 Å². The molecule has 1 atom stereocenters. The molecule has 0 radical (unpaired) electrons. The van der Waals surface area contributed by atoms with Gasteiger partial charge in [0.1, 0.15) is 23.9 Å². The Kier molecular flexibility index (Phi) is 4.04. The quantitative estimate of drug-likeness (QED) is 0.942. The molecular weight excluding hydrogens is 282 g/mol. The number of rotatable bonds is 4. The highest BCUT2D eigenvalue weighted by atomic mass is 16.5. The fraction of sp³-hybridized carbons (Fsp3) is 0.353. The predicted molar refractivity (Wildman–Crippen MR) is 81.0 cm³/mol. The second-order valence-electron chi connectivity index (χ2n) is 5.43. The highest BCUT2D eigenvalue weighted by molar-refractivity contribution is 5.79. The fourth-order valence-corrected chi connectivity index (χ4v) is 2.54. The summed E-state index contributed by atoms with van der Waals surface area (Å²) in [4.78, 5) is 12.3. The Labute approximate surface area is 129 Å². The molecule has 0 fully saturated rings. The van der Waals surface area contributed by atoms with Gasteiger partial charge < -0.3 is 19.2 Å². The minimum atomic E-state index is -0.184. The minimum Gasteiger partial charge on any atom is -0.497 e. The lowest BCUT2D eigenvalue weighted by atomic mass is 9.96. The first kappa shape index (κ1) is 14.5. The van der Waals surface area contributed by atoms with Crippen LogP contribution in [0.5, 0.6) is 11.5 Å². The Hall–Kier alpha value is -2.43. The Morgan fingerprint density at radius 1 is 1.41 bits per heavy atom. The number of hydrogen-bond acceptors (Lipinski definition) is 4. The van der Waals surface area contributed by atoms with Crippen molar-refractivity contribution in [3.05, 3.63) is 47.4 Å². The lowest BCUT2D eigenvalue weighted by molar-refractivity contribution is -0.126. The van der Waals surface area contributed by atoms with Crippen LogP contribution >= 0.6 is 0 Å². The zero-order valence-corrected chi connectivity index (χ0v) is 12.7. The van der Waals surface area contributed by atoms with Gasteiger partial charge in [0.2, 0.25) is 5.91 Å². The minimum absolute atomic E-state index is 0.0164. The molecule has 1 unspecified atom stereocenters. The van der Waals surface area contributed by atoms with Crippen LogP contribution in [0, 0.1) is 12.8 Å². The summed E-state index contributed by atoms with van der Waals surface area (Å²) < 4.78 is 16.2. The molecule has 5 heteroatoms. The second kappa shape index (κ2) is 6.13. The van der Waals surface area contributed by atoms with Crippen LogP contribution in [0.4, 0.5) is 0 Å². The molecule has 22 heavy (non-hydrogen) atoms. The maximum absolute atomic E-state index is 12.3. The number of amides is 1. The summed E-state index contributed by atoms with van der Waals surface area (Å²) in [5.74, 6) is 2.14. The molecule has 1 aliphatic heterocycles. The number of furan rings is 1. The van der Waals surface area contributed by atoms with Gasteiger partial charge in [0, 0.05) is 6.07 Å². The van der Waals surface area contributed by atoms with Crippen molar-refractivity contribution in [3.63, 3.8) is 0 Å². The smallest absolute Gasteiger partial charge is 0.227 e. The first-order chi connectivity index (χ1) is 10.7. The number of carbonyl (C=O) groups excluding carboxylic acids is 1. The number of fused-ring (bicyclic) bond motifs is 1. The Morgan fingerprint density at radius 3 is 3.00 bits per heavy atom. The third kappa shape index (κ3) is 2.93. The summed E-state index contributed by atoms with van der Waals surface area (Å²) in [6.07, 6.45) is 2.30. The maximum atomic E-state index is 12.3. The van der Waals surface area contributed by atoms with Gasteiger partial charge in [-0.3, -0.25) is 4.79 Å². The molecule has 1 aromatic heterocycles. The van der Waals surface area contributed by atoms with Crippen LogP contribution in [0.3, 0.4) is 0 Å². The molecular formula is C17H19NO4. The zero-order valence-electron chi connectivity index (χ0n) is 12.7. The number of nitrogens with one attached hydrogen (secondary N) is 1. The molecule has 2 heterocycles. The van der Waals surface area contributed by atoms with Crippen molar-refractivity contribution in [1.82, 2.24) is 5.32 Å². The average molecular weight is 301 g/mol. The molecule has 0 saturated carbocycles. The highest BCUT2D eigenvalue weighted by Crippen LogP contribution is 2.31. The summed E-state index contributed by atoms with van der Waals surface area (Å²) in [6, 6.07) is 7.57. The van der Waals surface area contributed by atoms with Crippen LogP contribution in [0.2, 0.25) is 0 Å². The molecule has 0 saturated heterocycles. The molecule has 5 nitrogen and oxygen atoms in total. The molecule has 0 spiro atoms. The molecule has 1 aliphatic rings. The molecule has 116 valence electrons. The van der Waals surface area contributed by atoms with Gasteiger partial charge in [-0.15, -0.1) is 0 Å². The summed E-state index contributed by atoms with van der Waals surface area (Å²) in [7, 11) is 1.62.